The number of fused-ring (bicyclic) bond motifs is 1. The average molecular weight is 465 g/mol. The lowest BCUT2D eigenvalue weighted by atomic mass is 9.72. The second-order valence-corrected chi connectivity index (χ2v) is 7.83. The van der Waals surface area contributed by atoms with E-state index in [1.54, 1.807) is 45.6 Å². The molecule has 1 aliphatic rings. The lowest BCUT2D eigenvalue weighted by Gasteiger charge is -2.27. The van der Waals surface area contributed by atoms with Crippen molar-refractivity contribution in [2.75, 3.05) is 28.4 Å². The third-order valence-corrected chi connectivity index (χ3v) is 6.21. The van der Waals surface area contributed by atoms with Crippen molar-refractivity contribution in [3.63, 3.8) is 0 Å². The van der Waals surface area contributed by atoms with E-state index in [-0.39, 0.29) is 0 Å². The SMILES string of the molecule is COc1ccc(C2(C#N)C(C=Cc3ccccc3)=C(C#N)c3cc(OC)c(OC)cc32)cc1OC. The first-order valence-electron chi connectivity index (χ1n) is 10.9. The van der Waals surface area contributed by atoms with Gasteiger partial charge in [-0.15, -0.1) is 0 Å². The molecule has 6 heteroatoms. The summed E-state index contributed by atoms with van der Waals surface area (Å²) in [6.07, 6.45) is 3.74. The molecule has 174 valence electrons. The van der Waals surface area contributed by atoms with Crippen molar-refractivity contribution < 1.29 is 18.9 Å². The van der Waals surface area contributed by atoms with E-state index in [4.69, 9.17) is 18.9 Å². The first-order valence-corrected chi connectivity index (χ1v) is 10.9. The molecule has 0 bridgehead atoms. The quantitative estimate of drug-likeness (QED) is 0.457. The van der Waals surface area contributed by atoms with Gasteiger partial charge in [0.05, 0.1) is 40.1 Å². The van der Waals surface area contributed by atoms with Gasteiger partial charge in [0.1, 0.15) is 11.5 Å². The number of hydrogen-bond donors (Lipinski definition) is 0. The van der Waals surface area contributed by atoms with Crippen LogP contribution in [0.4, 0.5) is 0 Å². The molecule has 6 nitrogen and oxygen atoms in total. The highest BCUT2D eigenvalue weighted by Crippen LogP contribution is 2.54. The predicted molar refractivity (Wildman–Crippen MR) is 133 cm³/mol. The maximum Gasteiger partial charge on any atom is 0.161 e. The van der Waals surface area contributed by atoms with E-state index in [0.29, 0.717) is 50.8 Å². The Labute approximate surface area is 204 Å². The van der Waals surface area contributed by atoms with Gasteiger partial charge in [-0.3, -0.25) is 0 Å². The maximum absolute atomic E-state index is 10.8. The van der Waals surface area contributed by atoms with Crippen LogP contribution in [0.3, 0.4) is 0 Å². The van der Waals surface area contributed by atoms with Gasteiger partial charge < -0.3 is 18.9 Å². The lowest BCUT2D eigenvalue weighted by Crippen LogP contribution is -2.26. The van der Waals surface area contributed by atoms with E-state index in [1.807, 2.05) is 48.6 Å². The molecule has 0 fully saturated rings. The summed E-state index contributed by atoms with van der Waals surface area (Å²) in [4.78, 5) is 0. The van der Waals surface area contributed by atoms with E-state index in [0.717, 1.165) is 5.56 Å². The zero-order chi connectivity index (χ0) is 25.0. The highest BCUT2D eigenvalue weighted by atomic mass is 16.5. The van der Waals surface area contributed by atoms with Crippen LogP contribution >= 0.6 is 0 Å². The van der Waals surface area contributed by atoms with Gasteiger partial charge in [-0.2, -0.15) is 10.5 Å². The summed E-state index contributed by atoms with van der Waals surface area (Å²) in [5.74, 6) is 1.97. The minimum Gasteiger partial charge on any atom is -0.493 e. The van der Waals surface area contributed by atoms with Crippen molar-refractivity contribution in [1.29, 1.82) is 10.5 Å². The van der Waals surface area contributed by atoms with E-state index in [2.05, 4.69) is 12.1 Å². The predicted octanol–water partition coefficient (Wildman–Crippen LogP) is 5.53. The molecule has 1 aliphatic carbocycles. The van der Waals surface area contributed by atoms with Gasteiger partial charge in [0, 0.05) is 5.56 Å². The molecule has 1 atom stereocenters. The Kier molecular flexibility index (Phi) is 6.48. The molecule has 0 radical (unpaired) electrons. The Bertz CT molecular complexity index is 1410. The van der Waals surface area contributed by atoms with Gasteiger partial charge in [-0.1, -0.05) is 48.6 Å². The third kappa shape index (κ3) is 3.76. The fourth-order valence-corrected chi connectivity index (χ4v) is 4.51. The second-order valence-electron chi connectivity index (χ2n) is 7.83. The minimum absolute atomic E-state index is 0.393. The Hall–Kier alpha value is -4.68. The van der Waals surface area contributed by atoms with Crippen LogP contribution in [0, 0.1) is 22.7 Å². The Balaban J connectivity index is 2.07. The summed E-state index contributed by atoms with van der Waals surface area (Å²) in [6, 6.07) is 23.5. The molecule has 1 unspecified atom stereocenters. The molecule has 35 heavy (non-hydrogen) atoms. The highest BCUT2D eigenvalue weighted by Gasteiger charge is 2.47. The van der Waals surface area contributed by atoms with Crippen LogP contribution in [0.1, 0.15) is 22.3 Å². The molecule has 4 rings (SSSR count). The third-order valence-electron chi connectivity index (χ3n) is 6.21. The topological polar surface area (TPSA) is 84.5 Å². The second kappa shape index (κ2) is 9.67. The molecule has 0 amide bonds. The summed E-state index contributed by atoms with van der Waals surface area (Å²) in [6.45, 7) is 0. The zero-order valence-corrected chi connectivity index (χ0v) is 20.0. The van der Waals surface area contributed by atoms with Crippen LogP contribution in [0.5, 0.6) is 23.0 Å². The fraction of sp³-hybridized carbons (Fsp3) is 0.172. The molecular weight excluding hydrogens is 440 g/mol. The lowest BCUT2D eigenvalue weighted by molar-refractivity contribution is 0.353. The smallest absolute Gasteiger partial charge is 0.161 e. The van der Waals surface area contributed by atoms with E-state index < -0.39 is 5.41 Å². The number of rotatable bonds is 7. The summed E-state index contributed by atoms with van der Waals surface area (Å²) in [5, 5.41) is 21.1. The van der Waals surface area contributed by atoms with Gasteiger partial charge in [0.2, 0.25) is 0 Å². The van der Waals surface area contributed by atoms with E-state index >= 15 is 0 Å². The summed E-state index contributed by atoms with van der Waals surface area (Å²) in [5.41, 5.74) is 2.49. The Morgan fingerprint density at radius 1 is 0.714 bits per heavy atom. The first-order chi connectivity index (χ1) is 17.1. The molecule has 3 aromatic carbocycles. The normalized spacial score (nSPS) is 16.4. The molecule has 0 spiro atoms. The number of nitrogens with zero attached hydrogens (tertiary/aromatic N) is 2. The molecule has 0 heterocycles. The number of allylic oxidation sites excluding steroid dienone is 3. The zero-order valence-electron chi connectivity index (χ0n) is 20.0. The van der Waals surface area contributed by atoms with Crippen molar-refractivity contribution in [3.8, 4) is 35.1 Å². The molecule has 0 saturated heterocycles. The van der Waals surface area contributed by atoms with E-state index in [9.17, 15) is 10.5 Å². The minimum atomic E-state index is -1.30. The molecule has 3 aromatic rings. The van der Waals surface area contributed by atoms with Crippen molar-refractivity contribution >= 4 is 11.6 Å². The Morgan fingerprint density at radius 3 is 1.94 bits per heavy atom. The fourth-order valence-electron chi connectivity index (χ4n) is 4.51. The Morgan fingerprint density at radius 2 is 1.34 bits per heavy atom. The number of nitriles is 2. The monoisotopic (exact) mass is 464 g/mol. The summed E-state index contributed by atoms with van der Waals surface area (Å²) < 4.78 is 22.0. The van der Waals surface area contributed by atoms with Crippen molar-refractivity contribution in [2.24, 2.45) is 0 Å². The maximum atomic E-state index is 10.8. The van der Waals surface area contributed by atoms with Gasteiger partial charge in [-0.25, -0.2) is 0 Å². The molecular formula is C29H24N2O4. The number of benzene rings is 3. The molecule has 0 saturated carbocycles. The van der Waals surface area contributed by atoms with Crippen LogP contribution in [-0.2, 0) is 5.41 Å². The van der Waals surface area contributed by atoms with Crippen LogP contribution in [-0.4, -0.2) is 28.4 Å². The van der Waals surface area contributed by atoms with E-state index in [1.165, 1.54) is 7.11 Å². The van der Waals surface area contributed by atoms with Crippen molar-refractivity contribution in [3.05, 3.63) is 94.6 Å². The molecule has 0 aliphatic heterocycles. The summed E-state index contributed by atoms with van der Waals surface area (Å²) in [7, 11) is 6.18. The standard InChI is InChI=1S/C29H24N2O4/c1-32-25-13-11-20(14-26(25)33-2)29(18-31)23(12-10-19-8-6-5-7-9-19)22(17-30)21-15-27(34-3)28(35-4)16-24(21)29/h5-16H,1-4H3. The van der Waals surface area contributed by atoms with Crippen LogP contribution in [0.2, 0.25) is 0 Å². The number of methoxy groups -OCH3 is 4. The van der Waals surface area contributed by atoms with Crippen molar-refractivity contribution in [1.82, 2.24) is 0 Å². The first kappa shape index (κ1) is 23.5. The summed E-state index contributed by atoms with van der Waals surface area (Å²) >= 11 is 0. The van der Waals surface area contributed by atoms with Crippen LogP contribution < -0.4 is 18.9 Å². The average Bonchev–Trinajstić information content (AvgIpc) is 3.19. The van der Waals surface area contributed by atoms with Gasteiger partial charge in [-0.05, 0) is 46.5 Å². The molecule has 0 N–H and O–H groups in total. The number of ether oxygens (including phenoxy) is 4. The van der Waals surface area contributed by atoms with Gasteiger partial charge >= 0.3 is 0 Å². The van der Waals surface area contributed by atoms with Gasteiger partial charge in [0.25, 0.3) is 0 Å². The highest BCUT2D eigenvalue weighted by molar-refractivity contribution is 5.94. The molecule has 0 aromatic heterocycles. The van der Waals surface area contributed by atoms with Crippen LogP contribution in [0.25, 0.3) is 11.6 Å². The largest absolute Gasteiger partial charge is 0.493 e. The van der Waals surface area contributed by atoms with Crippen LogP contribution in [0.15, 0.2) is 72.3 Å². The number of hydrogen-bond acceptors (Lipinski definition) is 6. The van der Waals surface area contributed by atoms with Gasteiger partial charge in [0.15, 0.2) is 23.0 Å². The van der Waals surface area contributed by atoms with Crippen molar-refractivity contribution in [2.45, 2.75) is 5.41 Å².